The summed E-state index contributed by atoms with van der Waals surface area (Å²) in [6, 6.07) is 3.78. The van der Waals surface area contributed by atoms with E-state index in [1.165, 1.54) is 12.1 Å². The summed E-state index contributed by atoms with van der Waals surface area (Å²) >= 11 is 0. The highest BCUT2D eigenvalue weighted by atomic mass is 32.2. The lowest BCUT2D eigenvalue weighted by Crippen LogP contribution is -2.29. The summed E-state index contributed by atoms with van der Waals surface area (Å²) in [5.41, 5.74) is 5.96. The Morgan fingerprint density at radius 1 is 1.37 bits per heavy atom. The number of nitrogens with two attached hydrogens (primary N) is 2. The van der Waals surface area contributed by atoms with Crippen LogP contribution in [0.1, 0.15) is 19.3 Å². The average Bonchev–Trinajstić information content (AvgIpc) is 2.77. The molecule has 2 atom stereocenters. The van der Waals surface area contributed by atoms with Crippen molar-refractivity contribution in [1.29, 1.82) is 0 Å². The fourth-order valence-electron chi connectivity index (χ4n) is 2.50. The van der Waals surface area contributed by atoms with Crippen molar-refractivity contribution >= 4 is 15.7 Å². The molecule has 19 heavy (non-hydrogen) atoms. The Kier molecular flexibility index (Phi) is 4.07. The highest BCUT2D eigenvalue weighted by molar-refractivity contribution is 7.89. The van der Waals surface area contributed by atoms with Gasteiger partial charge in [-0.2, -0.15) is 0 Å². The molecule has 1 aliphatic carbocycles. The average molecular weight is 287 g/mol. The summed E-state index contributed by atoms with van der Waals surface area (Å²) in [5, 5.41) is 8.05. The zero-order chi connectivity index (χ0) is 14.0. The number of nitrogens with one attached hydrogen (secondary N) is 1. The van der Waals surface area contributed by atoms with Gasteiger partial charge >= 0.3 is 0 Å². The minimum Gasteiger partial charge on any atom is -0.380 e. The van der Waals surface area contributed by atoms with E-state index in [2.05, 4.69) is 5.32 Å². The molecule has 1 aromatic carbocycles. The van der Waals surface area contributed by atoms with Crippen molar-refractivity contribution in [3.63, 3.8) is 0 Å². The third-order valence-electron chi connectivity index (χ3n) is 3.57. The van der Waals surface area contributed by atoms with Gasteiger partial charge in [-0.05, 0) is 43.5 Å². The van der Waals surface area contributed by atoms with Crippen LogP contribution in [0.15, 0.2) is 23.1 Å². The summed E-state index contributed by atoms with van der Waals surface area (Å²) in [4.78, 5) is -0.225. The van der Waals surface area contributed by atoms with Crippen LogP contribution in [0.4, 0.5) is 10.1 Å². The number of rotatable bonds is 4. The van der Waals surface area contributed by atoms with Gasteiger partial charge in [0.05, 0.1) is 10.6 Å². The second-order valence-electron chi connectivity index (χ2n) is 4.86. The molecule has 106 valence electrons. The molecular weight excluding hydrogens is 269 g/mol. The van der Waals surface area contributed by atoms with Crippen molar-refractivity contribution in [3.8, 4) is 0 Å². The molecule has 0 amide bonds. The molecule has 0 spiro atoms. The molecule has 2 unspecified atom stereocenters. The zero-order valence-electron chi connectivity index (χ0n) is 10.5. The monoisotopic (exact) mass is 287 g/mol. The Bertz CT molecular complexity index is 562. The number of hydrogen-bond acceptors (Lipinski definition) is 4. The predicted molar refractivity (Wildman–Crippen MR) is 71.6 cm³/mol. The van der Waals surface area contributed by atoms with Gasteiger partial charge in [-0.3, -0.25) is 0 Å². The SMILES string of the molecule is NCC1CCCC1Nc1ccc(S(N)(=O)=O)cc1F. The van der Waals surface area contributed by atoms with Gasteiger partial charge in [0, 0.05) is 6.04 Å². The van der Waals surface area contributed by atoms with Crippen molar-refractivity contribution in [2.45, 2.75) is 30.2 Å². The largest absolute Gasteiger partial charge is 0.380 e. The quantitative estimate of drug-likeness (QED) is 0.769. The maximum atomic E-state index is 13.9. The van der Waals surface area contributed by atoms with Crippen molar-refractivity contribution in [2.75, 3.05) is 11.9 Å². The van der Waals surface area contributed by atoms with Crippen LogP contribution >= 0.6 is 0 Å². The van der Waals surface area contributed by atoms with Gasteiger partial charge < -0.3 is 11.1 Å². The van der Waals surface area contributed by atoms with Gasteiger partial charge in [-0.1, -0.05) is 6.42 Å². The maximum absolute atomic E-state index is 13.9. The minimum atomic E-state index is -3.87. The Balaban J connectivity index is 2.18. The van der Waals surface area contributed by atoms with Crippen LogP contribution in [0.2, 0.25) is 0 Å². The van der Waals surface area contributed by atoms with Crippen LogP contribution in [0.5, 0.6) is 0 Å². The summed E-state index contributed by atoms with van der Waals surface area (Å²) in [5.74, 6) is -0.286. The lowest BCUT2D eigenvalue weighted by molar-refractivity contribution is 0.512. The maximum Gasteiger partial charge on any atom is 0.238 e. The normalized spacial score (nSPS) is 23.5. The highest BCUT2D eigenvalue weighted by Gasteiger charge is 2.26. The summed E-state index contributed by atoms with van der Waals surface area (Å²) < 4.78 is 36.1. The van der Waals surface area contributed by atoms with Crippen LogP contribution in [-0.4, -0.2) is 21.0 Å². The molecule has 0 aromatic heterocycles. The lowest BCUT2D eigenvalue weighted by Gasteiger charge is -2.21. The van der Waals surface area contributed by atoms with Gasteiger partial charge in [0.2, 0.25) is 10.0 Å². The van der Waals surface area contributed by atoms with Gasteiger partial charge in [0.15, 0.2) is 0 Å². The van der Waals surface area contributed by atoms with Gasteiger partial charge in [0.1, 0.15) is 5.82 Å². The number of halogens is 1. The van der Waals surface area contributed by atoms with Gasteiger partial charge in [0.25, 0.3) is 0 Å². The van der Waals surface area contributed by atoms with E-state index >= 15 is 0 Å². The van der Waals surface area contributed by atoms with E-state index in [-0.39, 0.29) is 16.6 Å². The molecular formula is C12H18FN3O2S. The molecule has 0 bridgehead atoms. The van der Waals surface area contributed by atoms with Gasteiger partial charge in [-0.15, -0.1) is 0 Å². The first-order chi connectivity index (χ1) is 8.91. The molecule has 0 aliphatic heterocycles. The predicted octanol–water partition coefficient (Wildman–Crippen LogP) is 1.01. The van der Waals surface area contributed by atoms with Crippen LogP contribution in [0.25, 0.3) is 0 Å². The molecule has 5 nitrogen and oxygen atoms in total. The Morgan fingerprint density at radius 2 is 2.11 bits per heavy atom. The van der Waals surface area contributed by atoms with E-state index in [4.69, 9.17) is 10.9 Å². The van der Waals surface area contributed by atoms with Crippen LogP contribution in [-0.2, 0) is 10.0 Å². The molecule has 1 aromatic rings. The number of hydrogen-bond donors (Lipinski definition) is 3. The number of anilines is 1. The van der Waals surface area contributed by atoms with E-state index in [1.54, 1.807) is 0 Å². The third-order valence-corrected chi connectivity index (χ3v) is 4.48. The second-order valence-corrected chi connectivity index (χ2v) is 6.43. The number of sulfonamides is 1. The van der Waals surface area contributed by atoms with Crippen molar-refractivity contribution in [1.82, 2.24) is 0 Å². The molecule has 7 heteroatoms. The van der Waals surface area contributed by atoms with Crippen LogP contribution in [0.3, 0.4) is 0 Å². The van der Waals surface area contributed by atoms with Crippen LogP contribution < -0.4 is 16.2 Å². The van der Waals surface area contributed by atoms with Crippen LogP contribution in [0, 0.1) is 11.7 Å². The molecule has 0 radical (unpaired) electrons. The van der Waals surface area contributed by atoms with Gasteiger partial charge in [-0.25, -0.2) is 17.9 Å². The number of primary sulfonamides is 1. The van der Waals surface area contributed by atoms with Crippen molar-refractivity contribution < 1.29 is 12.8 Å². The van der Waals surface area contributed by atoms with E-state index in [0.717, 1.165) is 25.3 Å². The Hall–Kier alpha value is -1.18. The minimum absolute atomic E-state index is 0.139. The molecule has 0 heterocycles. The standard InChI is InChI=1S/C12H18FN3O2S/c13-10-6-9(19(15,17)18)4-5-12(10)16-11-3-1-2-8(11)7-14/h4-6,8,11,16H,1-3,7,14H2,(H2,15,17,18). The fraction of sp³-hybridized carbons (Fsp3) is 0.500. The van der Waals surface area contributed by atoms with E-state index in [1.807, 2.05) is 0 Å². The summed E-state index contributed by atoms with van der Waals surface area (Å²) in [6.45, 7) is 0.564. The molecule has 2 rings (SSSR count). The first kappa shape index (κ1) is 14.2. The lowest BCUT2D eigenvalue weighted by atomic mass is 10.0. The molecule has 1 fully saturated rings. The fourth-order valence-corrected chi connectivity index (χ4v) is 3.02. The van der Waals surface area contributed by atoms with E-state index in [9.17, 15) is 12.8 Å². The smallest absolute Gasteiger partial charge is 0.238 e. The summed E-state index contributed by atoms with van der Waals surface area (Å²) in [6.07, 6.45) is 3.04. The molecule has 5 N–H and O–H groups in total. The van der Waals surface area contributed by atoms with E-state index in [0.29, 0.717) is 12.5 Å². The molecule has 1 aliphatic rings. The Labute approximate surface area is 112 Å². The number of benzene rings is 1. The first-order valence-electron chi connectivity index (χ1n) is 6.21. The molecule has 1 saturated carbocycles. The van der Waals surface area contributed by atoms with E-state index < -0.39 is 15.8 Å². The first-order valence-corrected chi connectivity index (χ1v) is 7.75. The third kappa shape index (κ3) is 3.23. The second kappa shape index (κ2) is 5.44. The zero-order valence-corrected chi connectivity index (χ0v) is 11.3. The summed E-state index contributed by atoms with van der Waals surface area (Å²) in [7, 11) is -3.87. The van der Waals surface area contributed by atoms with Crippen molar-refractivity contribution in [3.05, 3.63) is 24.0 Å². The van der Waals surface area contributed by atoms with Crippen molar-refractivity contribution in [2.24, 2.45) is 16.8 Å². The highest BCUT2D eigenvalue weighted by Crippen LogP contribution is 2.29. The molecule has 0 saturated heterocycles. The topological polar surface area (TPSA) is 98.2 Å². The Morgan fingerprint density at radius 3 is 2.68 bits per heavy atom.